The Morgan fingerprint density at radius 1 is 0.383 bits per heavy atom. The molecule has 47 heavy (non-hydrogen) atoms. The number of nitrogens with zero attached hydrogens (tertiary/aromatic N) is 4. The average molecular weight is 613 g/mol. The Hall–Kier alpha value is -6.34. The van der Waals surface area contributed by atoms with E-state index in [-0.39, 0.29) is 0 Å². The van der Waals surface area contributed by atoms with E-state index in [0.717, 1.165) is 56.9 Å². The molecule has 7 heteroatoms. The summed E-state index contributed by atoms with van der Waals surface area (Å²) in [6.45, 7) is 0. The second kappa shape index (κ2) is 12.6. The SMILES string of the molecule is C1=C(Oc2ccc(-c3nnc(-c4ccc(-c5ccccc5)cc4)o3)cc2)CCC(c2nnc(-c3ccc(-c4ccccc4)cc3)o2)=C1. The van der Waals surface area contributed by atoms with Gasteiger partial charge in [-0.3, -0.25) is 0 Å². The van der Waals surface area contributed by atoms with Gasteiger partial charge in [-0.1, -0.05) is 91.0 Å². The first-order chi connectivity index (χ1) is 23.2. The third kappa shape index (κ3) is 6.15. The molecular formula is C40H28N4O3. The fraction of sp³-hybridized carbons (Fsp3) is 0.0500. The summed E-state index contributed by atoms with van der Waals surface area (Å²) in [5.41, 5.74) is 8.16. The zero-order valence-corrected chi connectivity index (χ0v) is 25.3. The molecule has 0 aliphatic heterocycles. The minimum Gasteiger partial charge on any atom is -0.462 e. The van der Waals surface area contributed by atoms with Gasteiger partial charge in [0.2, 0.25) is 23.6 Å². The number of benzene rings is 5. The molecule has 0 atom stereocenters. The van der Waals surface area contributed by atoms with Crippen molar-refractivity contribution in [2.24, 2.45) is 0 Å². The first-order valence-electron chi connectivity index (χ1n) is 15.4. The molecule has 1 aliphatic rings. The summed E-state index contributed by atoms with van der Waals surface area (Å²) in [5, 5.41) is 17.1. The molecule has 7 aromatic rings. The van der Waals surface area contributed by atoms with Crippen molar-refractivity contribution < 1.29 is 13.6 Å². The summed E-state index contributed by atoms with van der Waals surface area (Å²) < 4.78 is 18.2. The van der Waals surface area contributed by atoms with Crippen LogP contribution in [0.4, 0.5) is 0 Å². The van der Waals surface area contributed by atoms with Gasteiger partial charge in [0, 0.05) is 28.7 Å². The van der Waals surface area contributed by atoms with E-state index < -0.39 is 0 Å². The molecular weight excluding hydrogens is 584 g/mol. The topological polar surface area (TPSA) is 87.1 Å². The largest absolute Gasteiger partial charge is 0.462 e. The van der Waals surface area contributed by atoms with Crippen molar-refractivity contribution in [1.82, 2.24) is 20.4 Å². The third-order valence-electron chi connectivity index (χ3n) is 8.06. The molecule has 7 nitrogen and oxygen atoms in total. The van der Waals surface area contributed by atoms with Gasteiger partial charge >= 0.3 is 0 Å². The lowest BCUT2D eigenvalue weighted by Gasteiger charge is -2.14. The van der Waals surface area contributed by atoms with E-state index in [1.807, 2.05) is 97.1 Å². The molecule has 0 bridgehead atoms. The summed E-state index contributed by atoms with van der Waals surface area (Å²) in [4.78, 5) is 0. The van der Waals surface area contributed by atoms with E-state index in [2.05, 4.69) is 68.9 Å². The fourth-order valence-corrected chi connectivity index (χ4v) is 5.50. The van der Waals surface area contributed by atoms with Crippen LogP contribution in [-0.2, 0) is 0 Å². The predicted molar refractivity (Wildman–Crippen MR) is 182 cm³/mol. The monoisotopic (exact) mass is 612 g/mol. The Morgan fingerprint density at radius 3 is 1.26 bits per heavy atom. The molecule has 0 N–H and O–H groups in total. The minimum atomic E-state index is 0.453. The average Bonchev–Trinajstić information content (AvgIpc) is 3.85. The second-order valence-electron chi connectivity index (χ2n) is 11.2. The number of rotatable bonds is 8. The van der Waals surface area contributed by atoms with E-state index in [4.69, 9.17) is 13.6 Å². The summed E-state index contributed by atoms with van der Waals surface area (Å²) in [6, 6.07) is 44.4. The second-order valence-corrected chi connectivity index (χ2v) is 11.2. The van der Waals surface area contributed by atoms with E-state index in [1.165, 1.54) is 5.56 Å². The molecule has 0 saturated heterocycles. The Labute approximate surface area is 271 Å². The molecule has 2 aromatic heterocycles. The third-order valence-corrected chi connectivity index (χ3v) is 8.06. The summed E-state index contributed by atoms with van der Waals surface area (Å²) in [6.07, 6.45) is 5.39. The maximum atomic E-state index is 6.16. The lowest BCUT2D eigenvalue weighted by atomic mass is 10.0. The zero-order chi connectivity index (χ0) is 31.4. The van der Waals surface area contributed by atoms with Crippen LogP contribution in [0.5, 0.6) is 5.75 Å². The van der Waals surface area contributed by atoms with Crippen molar-refractivity contribution in [3.05, 3.63) is 157 Å². The van der Waals surface area contributed by atoms with Crippen LogP contribution in [0.3, 0.4) is 0 Å². The van der Waals surface area contributed by atoms with Crippen molar-refractivity contribution in [2.45, 2.75) is 12.8 Å². The Balaban J connectivity index is 0.899. The Kier molecular flexibility index (Phi) is 7.53. The van der Waals surface area contributed by atoms with Crippen LogP contribution in [0, 0.1) is 0 Å². The van der Waals surface area contributed by atoms with Crippen LogP contribution < -0.4 is 4.74 Å². The van der Waals surface area contributed by atoms with Crippen molar-refractivity contribution in [3.8, 4) is 62.4 Å². The maximum absolute atomic E-state index is 6.16. The summed E-state index contributed by atoms with van der Waals surface area (Å²) >= 11 is 0. The van der Waals surface area contributed by atoms with Gasteiger partial charge in [-0.2, -0.15) is 0 Å². The fourth-order valence-electron chi connectivity index (χ4n) is 5.50. The van der Waals surface area contributed by atoms with E-state index in [1.54, 1.807) is 0 Å². The first kappa shape index (κ1) is 28.2. The summed E-state index contributed by atoms with van der Waals surface area (Å²) in [5.74, 6) is 3.54. The first-order valence-corrected chi connectivity index (χ1v) is 15.4. The van der Waals surface area contributed by atoms with Crippen molar-refractivity contribution >= 4 is 5.57 Å². The summed E-state index contributed by atoms with van der Waals surface area (Å²) in [7, 11) is 0. The van der Waals surface area contributed by atoms with Gasteiger partial charge < -0.3 is 13.6 Å². The van der Waals surface area contributed by atoms with Gasteiger partial charge in [0.05, 0.1) is 0 Å². The predicted octanol–water partition coefficient (Wildman–Crippen LogP) is 9.93. The van der Waals surface area contributed by atoms with Gasteiger partial charge in [-0.25, -0.2) is 0 Å². The highest BCUT2D eigenvalue weighted by Gasteiger charge is 2.17. The van der Waals surface area contributed by atoms with E-state index in [9.17, 15) is 0 Å². The van der Waals surface area contributed by atoms with Gasteiger partial charge in [-0.15, -0.1) is 20.4 Å². The maximum Gasteiger partial charge on any atom is 0.248 e. The van der Waals surface area contributed by atoms with Crippen molar-refractivity contribution in [3.63, 3.8) is 0 Å². The van der Waals surface area contributed by atoms with Gasteiger partial charge in [0.25, 0.3) is 0 Å². The standard InChI is InChI=1S/C40H28N4O3/c1-3-7-27(8-4-1)29-11-15-31(16-12-29)37-41-43-39(46-37)33-19-23-35(24-20-33)45-36-25-21-34(22-26-36)40-44-42-38(47-40)32-17-13-30(14-18-32)28-9-5-2-6-10-28/h1-21,23-25H,22,26H2. The van der Waals surface area contributed by atoms with Crippen LogP contribution in [-0.4, -0.2) is 20.4 Å². The highest BCUT2D eigenvalue weighted by atomic mass is 16.5. The van der Waals surface area contributed by atoms with Crippen LogP contribution in [0.15, 0.2) is 160 Å². The number of ether oxygens (including phenoxy) is 1. The normalized spacial score (nSPS) is 12.8. The zero-order valence-electron chi connectivity index (χ0n) is 25.3. The molecule has 2 heterocycles. The number of aromatic nitrogens is 4. The number of hydrogen-bond donors (Lipinski definition) is 0. The van der Waals surface area contributed by atoms with Crippen LogP contribution >= 0.6 is 0 Å². The molecule has 226 valence electrons. The number of hydrogen-bond acceptors (Lipinski definition) is 7. The smallest absolute Gasteiger partial charge is 0.248 e. The quantitative estimate of drug-likeness (QED) is 0.169. The molecule has 0 saturated carbocycles. The molecule has 0 fully saturated rings. The van der Waals surface area contributed by atoms with Crippen molar-refractivity contribution in [1.29, 1.82) is 0 Å². The van der Waals surface area contributed by atoms with Crippen LogP contribution in [0.2, 0.25) is 0 Å². The molecule has 0 radical (unpaired) electrons. The lowest BCUT2D eigenvalue weighted by molar-refractivity contribution is 0.403. The van der Waals surface area contributed by atoms with Crippen LogP contribution in [0.1, 0.15) is 18.7 Å². The molecule has 0 amide bonds. The van der Waals surface area contributed by atoms with Gasteiger partial charge in [0.15, 0.2) is 0 Å². The molecule has 0 spiro atoms. The van der Waals surface area contributed by atoms with E-state index in [0.29, 0.717) is 30.0 Å². The molecule has 8 rings (SSSR count). The Bertz CT molecular complexity index is 2180. The minimum absolute atomic E-state index is 0.453. The van der Waals surface area contributed by atoms with Crippen LogP contribution in [0.25, 0.3) is 62.2 Å². The molecule has 1 aliphatic carbocycles. The Morgan fingerprint density at radius 2 is 0.787 bits per heavy atom. The molecule has 5 aromatic carbocycles. The highest BCUT2D eigenvalue weighted by Crippen LogP contribution is 2.32. The lowest BCUT2D eigenvalue weighted by Crippen LogP contribution is -2.00. The van der Waals surface area contributed by atoms with Gasteiger partial charge in [-0.05, 0) is 83.3 Å². The number of allylic oxidation sites excluding steroid dienone is 4. The molecule has 0 unspecified atom stereocenters. The highest BCUT2D eigenvalue weighted by molar-refractivity contribution is 5.69. The van der Waals surface area contributed by atoms with Gasteiger partial charge in [0.1, 0.15) is 11.5 Å². The van der Waals surface area contributed by atoms with E-state index >= 15 is 0 Å². The van der Waals surface area contributed by atoms with Crippen molar-refractivity contribution in [2.75, 3.05) is 0 Å².